The van der Waals surface area contributed by atoms with Gasteiger partial charge in [0.1, 0.15) is 0 Å². The van der Waals surface area contributed by atoms with Gasteiger partial charge in [-0.3, -0.25) is 4.79 Å². The van der Waals surface area contributed by atoms with Crippen molar-refractivity contribution in [1.29, 1.82) is 0 Å². The second-order valence-electron chi connectivity index (χ2n) is 5.23. The molecule has 19 heavy (non-hydrogen) atoms. The summed E-state index contributed by atoms with van der Waals surface area (Å²) in [4.78, 5) is 13.8. The number of aryl methyl sites for hydroxylation is 1. The van der Waals surface area contributed by atoms with Crippen LogP contribution in [0.5, 0.6) is 0 Å². The maximum absolute atomic E-state index is 12.1. The lowest BCUT2D eigenvalue weighted by Gasteiger charge is -2.37. The van der Waals surface area contributed by atoms with Gasteiger partial charge in [0.05, 0.1) is 24.1 Å². The third kappa shape index (κ3) is 2.26. The smallest absolute Gasteiger partial charge is 0.241 e. The van der Waals surface area contributed by atoms with E-state index in [-0.39, 0.29) is 36.0 Å². The summed E-state index contributed by atoms with van der Waals surface area (Å²) in [5.41, 5.74) is 1.85. The molecule has 3 rings (SSSR count). The number of nitrogens with one attached hydrogen (secondary N) is 1. The topological polar surface area (TPSA) is 66.5 Å². The Labute approximate surface area is 112 Å². The fourth-order valence-electron chi connectivity index (χ4n) is 2.88. The Bertz CT molecular complexity index is 627. The molecule has 1 aromatic carbocycles. The van der Waals surface area contributed by atoms with Crippen LogP contribution in [0.25, 0.3) is 0 Å². The van der Waals surface area contributed by atoms with Crippen molar-refractivity contribution < 1.29 is 13.2 Å². The van der Waals surface area contributed by atoms with Crippen molar-refractivity contribution in [3.8, 4) is 0 Å². The molecule has 0 spiro atoms. The van der Waals surface area contributed by atoms with Crippen LogP contribution in [0, 0.1) is 6.92 Å². The van der Waals surface area contributed by atoms with E-state index in [1.54, 1.807) is 4.90 Å². The van der Waals surface area contributed by atoms with Gasteiger partial charge >= 0.3 is 0 Å². The van der Waals surface area contributed by atoms with Crippen LogP contribution in [-0.4, -0.2) is 44.5 Å². The largest absolute Gasteiger partial charge is 0.306 e. The van der Waals surface area contributed by atoms with Crippen molar-refractivity contribution in [2.75, 3.05) is 23.0 Å². The number of anilines is 1. The SMILES string of the molecule is Cc1cccc(N2C(=O)CN[C@@H]3CS(=O)(=O)C[C@@H]32)c1. The van der Waals surface area contributed by atoms with Crippen molar-refractivity contribution in [2.24, 2.45) is 0 Å². The summed E-state index contributed by atoms with van der Waals surface area (Å²) in [5.74, 6) is 0.0985. The quantitative estimate of drug-likeness (QED) is 0.792. The van der Waals surface area contributed by atoms with Gasteiger partial charge in [-0.2, -0.15) is 0 Å². The van der Waals surface area contributed by atoms with E-state index in [9.17, 15) is 13.2 Å². The zero-order chi connectivity index (χ0) is 13.6. The maximum atomic E-state index is 12.1. The highest BCUT2D eigenvalue weighted by molar-refractivity contribution is 7.91. The summed E-state index contributed by atoms with van der Waals surface area (Å²) in [5, 5.41) is 3.03. The molecule has 0 bridgehead atoms. The maximum Gasteiger partial charge on any atom is 0.241 e. The van der Waals surface area contributed by atoms with E-state index in [1.165, 1.54) is 0 Å². The highest BCUT2D eigenvalue weighted by Gasteiger charge is 2.45. The van der Waals surface area contributed by atoms with Gasteiger partial charge in [0.2, 0.25) is 5.91 Å². The molecule has 0 unspecified atom stereocenters. The lowest BCUT2D eigenvalue weighted by atomic mass is 10.1. The molecular weight excluding hydrogens is 264 g/mol. The molecule has 2 heterocycles. The molecule has 0 saturated carbocycles. The number of carbonyl (C=O) groups excluding carboxylic acids is 1. The van der Waals surface area contributed by atoms with E-state index in [2.05, 4.69) is 5.32 Å². The van der Waals surface area contributed by atoms with Crippen LogP contribution >= 0.6 is 0 Å². The van der Waals surface area contributed by atoms with Crippen molar-refractivity contribution in [2.45, 2.75) is 19.0 Å². The molecule has 5 nitrogen and oxygen atoms in total. The zero-order valence-corrected chi connectivity index (χ0v) is 11.5. The molecular formula is C13H16N2O3S. The lowest BCUT2D eigenvalue weighted by molar-refractivity contribution is -0.119. The first kappa shape index (κ1) is 12.6. The number of carbonyl (C=O) groups is 1. The second-order valence-corrected chi connectivity index (χ2v) is 7.39. The van der Waals surface area contributed by atoms with Crippen LogP contribution in [0.15, 0.2) is 24.3 Å². The number of nitrogens with zero attached hydrogens (tertiary/aromatic N) is 1. The van der Waals surface area contributed by atoms with Crippen molar-refractivity contribution in [3.63, 3.8) is 0 Å². The standard InChI is InChI=1S/C13H16N2O3S/c1-9-3-2-4-10(5-9)15-12-8-19(17,18)7-11(12)14-6-13(15)16/h2-5,11-12,14H,6-8H2,1H3/t11-,12+/m1/s1. The minimum absolute atomic E-state index is 0.0460. The van der Waals surface area contributed by atoms with Crippen molar-refractivity contribution in [3.05, 3.63) is 29.8 Å². The van der Waals surface area contributed by atoms with Gasteiger partial charge in [0.15, 0.2) is 9.84 Å². The molecule has 6 heteroatoms. The molecule has 0 aromatic heterocycles. The zero-order valence-electron chi connectivity index (χ0n) is 10.7. The van der Waals surface area contributed by atoms with Crippen LogP contribution in [0.1, 0.15) is 5.56 Å². The summed E-state index contributed by atoms with van der Waals surface area (Å²) in [6, 6.07) is 7.19. The molecule has 2 aliphatic heterocycles. The predicted octanol–water partition coefficient (Wildman–Crippen LogP) is 0.0968. The number of benzene rings is 1. The first-order chi connectivity index (χ1) is 8.96. The predicted molar refractivity (Wildman–Crippen MR) is 72.9 cm³/mol. The average molecular weight is 280 g/mol. The number of hydrogen-bond acceptors (Lipinski definition) is 4. The minimum atomic E-state index is -3.06. The Morgan fingerprint density at radius 3 is 2.84 bits per heavy atom. The molecule has 102 valence electrons. The molecule has 0 aliphatic carbocycles. The van der Waals surface area contributed by atoms with Gasteiger partial charge in [0.25, 0.3) is 0 Å². The van der Waals surface area contributed by atoms with E-state index in [4.69, 9.17) is 0 Å². The summed E-state index contributed by atoms with van der Waals surface area (Å²) in [6.07, 6.45) is 0. The van der Waals surface area contributed by atoms with Crippen LogP contribution in [0.3, 0.4) is 0 Å². The molecule has 0 radical (unpaired) electrons. The van der Waals surface area contributed by atoms with E-state index in [0.29, 0.717) is 0 Å². The minimum Gasteiger partial charge on any atom is -0.306 e. The highest BCUT2D eigenvalue weighted by Crippen LogP contribution is 2.27. The number of piperazine rings is 1. The Hall–Kier alpha value is -1.40. The third-order valence-corrected chi connectivity index (χ3v) is 5.43. The average Bonchev–Trinajstić information content (AvgIpc) is 2.63. The van der Waals surface area contributed by atoms with Crippen LogP contribution < -0.4 is 10.2 Å². The number of sulfone groups is 1. The number of rotatable bonds is 1. The fraction of sp³-hybridized carbons (Fsp3) is 0.462. The van der Waals surface area contributed by atoms with Crippen LogP contribution in [0.2, 0.25) is 0 Å². The van der Waals surface area contributed by atoms with E-state index in [1.807, 2.05) is 31.2 Å². The Balaban J connectivity index is 2.00. The van der Waals surface area contributed by atoms with Gasteiger partial charge in [-0.15, -0.1) is 0 Å². The molecule has 2 atom stereocenters. The van der Waals surface area contributed by atoms with Gasteiger partial charge in [0, 0.05) is 11.7 Å². The van der Waals surface area contributed by atoms with Gasteiger partial charge in [-0.05, 0) is 24.6 Å². The van der Waals surface area contributed by atoms with Crippen molar-refractivity contribution in [1.82, 2.24) is 5.32 Å². The molecule has 1 N–H and O–H groups in total. The fourth-order valence-corrected chi connectivity index (χ4v) is 4.81. The monoisotopic (exact) mass is 280 g/mol. The number of fused-ring (bicyclic) bond motifs is 1. The summed E-state index contributed by atoms with van der Waals surface area (Å²) in [7, 11) is -3.06. The Morgan fingerprint density at radius 2 is 2.11 bits per heavy atom. The highest BCUT2D eigenvalue weighted by atomic mass is 32.2. The first-order valence-corrected chi connectivity index (χ1v) is 8.11. The molecule has 2 fully saturated rings. The molecule has 1 aromatic rings. The van der Waals surface area contributed by atoms with E-state index >= 15 is 0 Å². The van der Waals surface area contributed by atoms with Gasteiger partial charge in [-0.1, -0.05) is 12.1 Å². The van der Waals surface area contributed by atoms with Crippen molar-refractivity contribution >= 4 is 21.4 Å². The molecule has 1 amide bonds. The summed E-state index contributed by atoms with van der Waals surface area (Å²) in [6.45, 7) is 2.16. The summed E-state index contributed by atoms with van der Waals surface area (Å²) >= 11 is 0. The third-order valence-electron chi connectivity index (χ3n) is 3.72. The van der Waals surface area contributed by atoms with Crippen LogP contribution in [-0.2, 0) is 14.6 Å². The first-order valence-electron chi connectivity index (χ1n) is 6.29. The van der Waals surface area contributed by atoms with Crippen LogP contribution in [0.4, 0.5) is 5.69 Å². The summed E-state index contributed by atoms with van der Waals surface area (Å²) < 4.78 is 23.5. The van der Waals surface area contributed by atoms with E-state index < -0.39 is 9.84 Å². The Kier molecular flexibility index (Phi) is 2.87. The van der Waals surface area contributed by atoms with E-state index in [0.717, 1.165) is 11.3 Å². The molecule has 2 saturated heterocycles. The number of amides is 1. The normalized spacial score (nSPS) is 29.3. The second kappa shape index (κ2) is 4.31. The lowest BCUT2D eigenvalue weighted by Crippen LogP contribution is -2.60. The van der Waals surface area contributed by atoms with Gasteiger partial charge in [-0.25, -0.2) is 8.42 Å². The molecule has 2 aliphatic rings. The number of hydrogen-bond donors (Lipinski definition) is 1. The van der Waals surface area contributed by atoms with Gasteiger partial charge < -0.3 is 10.2 Å². The Morgan fingerprint density at radius 1 is 1.32 bits per heavy atom.